The molecule has 1 N–H and O–H groups in total. The fraction of sp³-hybridized carbons (Fsp3) is 0.235. The van der Waals surface area contributed by atoms with E-state index in [0.717, 1.165) is 22.6 Å². The minimum atomic E-state index is -0.427. The lowest BCUT2D eigenvalue weighted by Crippen LogP contribution is -2.23. The van der Waals surface area contributed by atoms with Crippen molar-refractivity contribution in [3.05, 3.63) is 46.0 Å². The van der Waals surface area contributed by atoms with Crippen molar-refractivity contribution in [1.82, 2.24) is 15.5 Å². The van der Waals surface area contributed by atoms with Gasteiger partial charge in [-0.05, 0) is 43.2 Å². The van der Waals surface area contributed by atoms with Crippen LogP contribution in [-0.4, -0.2) is 16.0 Å². The molecule has 2 aromatic heterocycles. The molecule has 0 saturated heterocycles. The second kappa shape index (κ2) is 6.57. The Morgan fingerprint density at radius 3 is 3.00 bits per heavy atom. The lowest BCUT2D eigenvalue weighted by molar-refractivity contribution is -0.122. The molecular weight excluding hydrogens is 365 g/mol. The van der Waals surface area contributed by atoms with Gasteiger partial charge in [-0.15, -0.1) is 11.3 Å². The van der Waals surface area contributed by atoms with Crippen molar-refractivity contribution in [3.63, 3.8) is 0 Å². The second-order valence-electron chi connectivity index (χ2n) is 5.81. The molecule has 0 atom stereocenters. The molecular formula is C17H13ClFN3O2S. The number of hydrogen-bond donors (Lipinski definition) is 1. The van der Waals surface area contributed by atoms with Gasteiger partial charge in [-0.3, -0.25) is 4.79 Å². The summed E-state index contributed by atoms with van der Waals surface area (Å²) < 4.78 is 18.6. The van der Waals surface area contributed by atoms with E-state index in [1.54, 1.807) is 0 Å². The minimum absolute atomic E-state index is 0.109. The third-order valence-corrected chi connectivity index (χ3v) is 5.26. The first-order valence-electron chi connectivity index (χ1n) is 7.76. The zero-order valence-electron chi connectivity index (χ0n) is 13.0. The fourth-order valence-electron chi connectivity index (χ4n) is 2.35. The normalized spacial score (nSPS) is 13.8. The number of amides is 1. The van der Waals surface area contributed by atoms with Crippen LogP contribution in [0.2, 0.25) is 5.02 Å². The molecule has 1 saturated carbocycles. The molecule has 1 aliphatic carbocycles. The molecule has 1 aliphatic rings. The van der Waals surface area contributed by atoms with Crippen LogP contribution in [0.1, 0.15) is 17.7 Å². The Morgan fingerprint density at radius 2 is 2.20 bits per heavy atom. The Labute approximate surface area is 151 Å². The molecule has 5 nitrogen and oxygen atoms in total. The van der Waals surface area contributed by atoms with E-state index in [-0.39, 0.29) is 17.7 Å². The standard InChI is InChI=1S/C17H13ClFN3O2S/c18-13-5-3-10(19)7-12(13)17-21-15(22-24-17)14-6-4-11(25-14)8-20-16(23)9-1-2-9/h3-7,9H,1-2,8H2,(H,20,23). The number of nitrogens with one attached hydrogen (secondary N) is 1. The van der Waals surface area contributed by atoms with E-state index in [9.17, 15) is 9.18 Å². The molecule has 0 unspecified atom stereocenters. The maximum atomic E-state index is 13.4. The van der Waals surface area contributed by atoms with Crippen LogP contribution in [0.15, 0.2) is 34.9 Å². The Morgan fingerprint density at radius 1 is 1.36 bits per heavy atom. The van der Waals surface area contributed by atoms with E-state index in [4.69, 9.17) is 16.1 Å². The van der Waals surface area contributed by atoms with Gasteiger partial charge >= 0.3 is 0 Å². The lowest BCUT2D eigenvalue weighted by Gasteiger charge is -2.00. The van der Waals surface area contributed by atoms with Crippen LogP contribution in [0.25, 0.3) is 22.2 Å². The highest BCUT2D eigenvalue weighted by atomic mass is 35.5. The number of halogens is 2. The monoisotopic (exact) mass is 377 g/mol. The first-order valence-corrected chi connectivity index (χ1v) is 8.95. The van der Waals surface area contributed by atoms with Gasteiger partial charge in [-0.2, -0.15) is 4.98 Å². The van der Waals surface area contributed by atoms with Gasteiger partial charge in [-0.25, -0.2) is 4.39 Å². The van der Waals surface area contributed by atoms with Crippen LogP contribution in [0, 0.1) is 11.7 Å². The number of thiophene rings is 1. The highest BCUT2D eigenvalue weighted by Crippen LogP contribution is 2.32. The van der Waals surface area contributed by atoms with Crippen LogP contribution < -0.4 is 5.32 Å². The maximum absolute atomic E-state index is 13.4. The van der Waals surface area contributed by atoms with Crippen LogP contribution in [-0.2, 0) is 11.3 Å². The van der Waals surface area contributed by atoms with Gasteiger partial charge in [0, 0.05) is 10.8 Å². The summed E-state index contributed by atoms with van der Waals surface area (Å²) in [7, 11) is 0. The summed E-state index contributed by atoms with van der Waals surface area (Å²) in [4.78, 5) is 17.8. The van der Waals surface area contributed by atoms with Gasteiger partial charge in [0.15, 0.2) is 0 Å². The molecule has 1 amide bonds. The van der Waals surface area contributed by atoms with Gasteiger partial charge in [0.25, 0.3) is 5.89 Å². The molecule has 1 aromatic carbocycles. The molecule has 3 aromatic rings. The van der Waals surface area contributed by atoms with E-state index >= 15 is 0 Å². The number of carbonyl (C=O) groups is 1. The van der Waals surface area contributed by atoms with E-state index in [1.165, 1.54) is 29.5 Å². The number of benzene rings is 1. The smallest absolute Gasteiger partial charge is 0.259 e. The number of hydrogen-bond acceptors (Lipinski definition) is 5. The van der Waals surface area contributed by atoms with Gasteiger partial charge in [0.05, 0.1) is 22.0 Å². The Kier molecular flexibility index (Phi) is 4.27. The average molecular weight is 378 g/mol. The molecule has 25 heavy (non-hydrogen) atoms. The Bertz CT molecular complexity index is 936. The number of carbonyl (C=O) groups excluding carboxylic acids is 1. The zero-order chi connectivity index (χ0) is 17.4. The second-order valence-corrected chi connectivity index (χ2v) is 7.38. The Balaban J connectivity index is 1.50. The first-order chi connectivity index (χ1) is 12.1. The molecule has 0 aliphatic heterocycles. The van der Waals surface area contributed by atoms with E-state index < -0.39 is 5.82 Å². The van der Waals surface area contributed by atoms with Crippen molar-refractivity contribution in [2.24, 2.45) is 5.92 Å². The highest BCUT2D eigenvalue weighted by molar-refractivity contribution is 7.15. The van der Waals surface area contributed by atoms with Crippen molar-refractivity contribution in [1.29, 1.82) is 0 Å². The van der Waals surface area contributed by atoms with Gasteiger partial charge < -0.3 is 9.84 Å². The molecule has 0 spiro atoms. The van der Waals surface area contributed by atoms with E-state index in [2.05, 4.69) is 15.5 Å². The summed E-state index contributed by atoms with van der Waals surface area (Å²) in [6.07, 6.45) is 1.96. The van der Waals surface area contributed by atoms with E-state index in [1.807, 2.05) is 12.1 Å². The van der Waals surface area contributed by atoms with Gasteiger partial charge in [0.1, 0.15) is 5.82 Å². The van der Waals surface area contributed by atoms with Gasteiger partial charge in [0.2, 0.25) is 11.7 Å². The van der Waals surface area contributed by atoms with Crippen molar-refractivity contribution >= 4 is 28.8 Å². The summed E-state index contributed by atoms with van der Waals surface area (Å²) >= 11 is 7.53. The number of rotatable bonds is 5. The number of nitrogens with zero attached hydrogens (tertiary/aromatic N) is 2. The first kappa shape index (κ1) is 16.2. The lowest BCUT2D eigenvalue weighted by atomic mass is 10.2. The van der Waals surface area contributed by atoms with Crippen molar-refractivity contribution < 1.29 is 13.7 Å². The predicted octanol–water partition coefficient (Wildman–Crippen LogP) is 4.28. The van der Waals surface area contributed by atoms with Crippen LogP contribution in [0.3, 0.4) is 0 Å². The summed E-state index contributed by atoms with van der Waals surface area (Å²) in [5, 5.41) is 7.19. The third-order valence-electron chi connectivity index (χ3n) is 3.85. The van der Waals surface area contributed by atoms with Gasteiger partial charge in [-0.1, -0.05) is 16.8 Å². The topological polar surface area (TPSA) is 68.0 Å². The summed E-state index contributed by atoms with van der Waals surface area (Å²) in [5.74, 6) is 0.438. The SMILES string of the molecule is O=C(NCc1ccc(-c2noc(-c3cc(F)ccc3Cl)n2)s1)C1CC1. The largest absolute Gasteiger partial charge is 0.351 e. The summed E-state index contributed by atoms with van der Waals surface area (Å²) in [5.41, 5.74) is 0.355. The molecule has 0 bridgehead atoms. The van der Waals surface area contributed by atoms with Crippen molar-refractivity contribution in [2.45, 2.75) is 19.4 Å². The highest BCUT2D eigenvalue weighted by Gasteiger charge is 2.29. The number of aromatic nitrogens is 2. The average Bonchev–Trinajstić information content (AvgIpc) is 3.16. The fourth-order valence-corrected chi connectivity index (χ4v) is 3.42. The Hall–Kier alpha value is -2.25. The molecule has 2 heterocycles. The van der Waals surface area contributed by atoms with Crippen LogP contribution >= 0.6 is 22.9 Å². The molecule has 1 fully saturated rings. The minimum Gasteiger partial charge on any atom is -0.351 e. The molecule has 128 valence electrons. The zero-order valence-corrected chi connectivity index (χ0v) is 14.5. The molecule has 8 heteroatoms. The van der Waals surface area contributed by atoms with Crippen LogP contribution in [0.5, 0.6) is 0 Å². The summed E-state index contributed by atoms with van der Waals surface area (Å²) in [6.45, 7) is 0.487. The van der Waals surface area contributed by atoms with Crippen molar-refractivity contribution in [2.75, 3.05) is 0 Å². The van der Waals surface area contributed by atoms with E-state index in [0.29, 0.717) is 23.0 Å². The molecule has 4 rings (SSSR count). The van der Waals surface area contributed by atoms with Crippen LogP contribution in [0.4, 0.5) is 4.39 Å². The molecule has 0 radical (unpaired) electrons. The maximum Gasteiger partial charge on any atom is 0.259 e. The van der Waals surface area contributed by atoms with Crippen molar-refractivity contribution in [3.8, 4) is 22.2 Å². The summed E-state index contributed by atoms with van der Waals surface area (Å²) in [6, 6.07) is 7.75. The predicted molar refractivity (Wildman–Crippen MR) is 92.6 cm³/mol. The third kappa shape index (κ3) is 3.57. The quantitative estimate of drug-likeness (QED) is 0.720.